The zero-order chi connectivity index (χ0) is 25.2. The lowest BCUT2D eigenvalue weighted by Gasteiger charge is -2.00. The van der Waals surface area contributed by atoms with Crippen LogP contribution in [-0.2, 0) is 40.1 Å². The van der Waals surface area contributed by atoms with Crippen molar-refractivity contribution in [3.8, 4) is 0 Å². The van der Waals surface area contributed by atoms with Crippen LogP contribution in [0.2, 0.25) is 0 Å². The number of rotatable bonds is 12. The minimum Gasteiger partial charge on any atom is -0.300 e. The maximum Gasteiger partial charge on any atom is 0.232 e. The maximum absolute atomic E-state index is 12.3. The molecule has 184 valence electrons. The topological polar surface area (TPSA) is 153 Å². The summed E-state index contributed by atoms with van der Waals surface area (Å²) in [7, 11) is 0. The fraction of sp³-hybridized carbons (Fsp3) is 0.261. The van der Waals surface area contributed by atoms with Crippen LogP contribution in [0.1, 0.15) is 34.2 Å². The second-order valence-electron chi connectivity index (χ2n) is 7.63. The number of amides is 2. The van der Waals surface area contributed by atoms with Crippen LogP contribution in [0.4, 0.5) is 10.3 Å². The number of Topliss-reactive ketones (excluding diaryl/α,β-unsaturated/α-hetero) is 1. The van der Waals surface area contributed by atoms with Crippen molar-refractivity contribution in [3.63, 3.8) is 0 Å². The third kappa shape index (κ3) is 8.06. The molecule has 0 atom stereocenters. The SMILES string of the molecule is O=C(CCc1nnc(NC(=O)Cc2ccccn2)s1)CCc1nnc(NC(=O)Cc2ccccn2)s1. The molecule has 0 bridgehead atoms. The van der Waals surface area contributed by atoms with Gasteiger partial charge in [-0.2, -0.15) is 0 Å². The van der Waals surface area contributed by atoms with Crippen LogP contribution in [0.3, 0.4) is 0 Å². The average Bonchev–Trinajstić information content (AvgIpc) is 3.51. The van der Waals surface area contributed by atoms with Crippen molar-refractivity contribution in [2.75, 3.05) is 10.6 Å². The zero-order valence-electron chi connectivity index (χ0n) is 19.1. The lowest BCUT2D eigenvalue weighted by atomic mass is 10.1. The first-order chi connectivity index (χ1) is 17.5. The van der Waals surface area contributed by atoms with E-state index in [1.54, 1.807) is 36.7 Å². The Hall–Kier alpha value is -3.97. The Kier molecular flexibility index (Phi) is 8.83. The molecule has 4 heterocycles. The largest absolute Gasteiger partial charge is 0.300 e. The van der Waals surface area contributed by atoms with Crippen LogP contribution >= 0.6 is 22.7 Å². The Morgan fingerprint density at radius 1 is 0.667 bits per heavy atom. The molecule has 0 saturated heterocycles. The molecule has 0 aliphatic heterocycles. The second kappa shape index (κ2) is 12.7. The van der Waals surface area contributed by atoms with Crippen LogP contribution in [0.25, 0.3) is 0 Å². The number of nitrogens with zero attached hydrogens (tertiary/aromatic N) is 6. The summed E-state index contributed by atoms with van der Waals surface area (Å²) in [5, 5.41) is 23.6. The van der Waals surface area contributed by atoms with Crippen molar-refractivity contribution in [1.29, 1.82) is 0 Å². The normalized spacial score (nSPS) is 10.7. The molecule has 2 N–H and O–H groups in total. The summed E-state index contributed by atoms with van der Waals surface area (Å²) in [5.41, 5.74) is 1.33. The van der Waals surface area contributed by atoms with E-state index in [0.717, 1.165) is 0 Å². The molecule has 0 aliphatic carbocycles. The number of ketones is 1. The number of pyridine rings is 2. The molecule has 13 heteroatoms. The fourth-order valence-corrected chi connectivity index (χ4v) is 4.60. The Bertz CT molecular complexity index is 1210. The Morgan fingerprint density at radius 2 is 1.14 bits per heavy atom. The molecular formula is C23H22N8O3S2. The van der Waals surface area contributed by atoms with Gasteiger partial charge in [-0.05, 0) is 24.3 Å². The van der Waals surface area contributed by atoms with Gasteiger partial charge < -0.3 is 10.6 Å². The molecular weight excluding hydrogens is 500 g/mol. The standard InChI is InChI=1S/C23H22N8O3S2/c32-17(7-9-20-28-30-22(35-20)26-18(33)13-15-5-1-3-11-24-15)8-10-21-29-31-23(36-21)27-19(34)14-16-6-2-4-12-25-16/h1-6,11-12H,7-10,13-14H2,(H,26,30,33)(H,27,31,34). The molecule has 4 aromatic heterocycles. The molecule has 0 fully saturated rings. The molecule has 2 amide bonds. The summed E-state index contributed by atoms with van der Waals surface area (Å²) in [6.45, 7) is 0. The van der Waals surface area contributed by atoms with Gasteiger partial charge in [-0.15, -0.1) is 20.4 Å². The third-order valence-corrected chi connectivity index (χ3v) is 6.59. The molecule has 0 aromatic carbocycles. The number of aromatic nitrogens is 6. The van der Waals surface area contributed by atoms with Crippen molar-refractivity contribution >= 4 is 50.5 Å². The van der Waals surface area contributed by atoms with Crippen LogP contribution in [-0.4, -0.2) is 48.0 Å². The van der Waals surface area contributed by atoms with Crippen LogP contribution in [0, 0.1) is 0 Å². The van der Waals surface area contributed by atoms with Gasteiger partial charge in [0.2, 0.25) is 22.1 Å². The first kappa shape index (κ1) is 25.1. The monoisotopic (exact) mass is 522 g/mol. The lowest BCUT2D eigenvalue weighted by molar-refractivity contribution is -0.119. The van der Waals surface area contributed by atoms with E-state index >= 15 is 0 Å². The molecule has 0 aliphatic rings. The van der Waals surface area contributed by atoms with E-state index in [0.29, 0.717) is 57.3 Å². The number of hydrogen-bond acceptors (Lipinski definition) is 11. The van der Waals surface area contributed by atoms with Crippen LogP contribution in [0.5, 0.6) is 0 Å². The van der Waals surface area contributed by atoms with E-state index in [4.69, 9.17) is 0 Å². The van der Waals surface area contributed by atoms with Gasteiger partial charge in [0.1, 0.15) is 15.8 Å². The third-order valence-electron chi connectivity index (χ3n) is 4.80. The summed E-state index contributed by atoms with van der Waals surface area (Å²) in [6.07, 6.45) is 5.07. The van der Waals surface area contributed by atoms with Gasteiger partial charge >= 0.3 is 0 Å². The molecule has 4 rings (SSSR count). The van der Waals surface area contributed by atoms with Gasteiger partial charge in [-0.3, -0.25) is 24.4 Å². The highest BCUT2D eigenvalue weighted by molar-refractivity contribution is 7.15. The molecule has 0 unspecified atom stereocenters. The van der Waals surface area contributed by atoms with Crippen LogP contribution in [0.15, 0.2) is 48.8 Å². The Balaban J connectivity index is 1.15. The van der Waals surface area contributed by atoms with Crippen molar-refractivity contribution in [2.24, 2.45) is 0 Å². The van der Waals surface area contributed by atoms with Gasteiger partial charge in [0.05, 0.1) is 12.8 Å². The fourth-order valence-electron chi connectivity index (χ4n) is 3.09. The smallest absolute Gasteiger partial charge is 0.232 e. The molecule has 36 heavy (non-hydrogen) atoms. The molecule has 0 spiro atoms. The van der Waals surface area contributed by atoms with Gasteiger partial charge in [0.25, 0.3) is 0 Å². The van der Waals surface area contributed by atoms with Crippen LogP contribution < -0.4 is 10.6 Å². The summed E-state index contributed by atoms with van der Waals surface area (Å²) in [4.78, 5) is 44.8. The van der Waals surface area contributed by atoms with Crippen molar-refractivity contribution in [2.45, 2.75) is 38.5 Å². The highest BCUT2D eigenvalue weighted by atomic mass is 32.1. The summed E-state index contributed by atoms with van der Waals surface area (Å²) in [5.74, 6) is -0.393. The first-order valence-electron chi connectivity index (χ1n) is 11.1. The Morgan fingerprint density at radius 3 is 1.56 bits per heavy atom. The van der Waals surface area contributed by atoms with E-state index in [9.17, 15) is 14.4 Å². The summed E-state index contributed by atoms with van der Waals surface area (Å²) >= 11 is 2.49. The van der Waals surface area contributed by atoms with Crippen molar-refractivity contribution in [3.05, 3.63) is 70.2 Å². The van der Waals surface area contributed by atoms with E-state index in [2.05, 4.69) is 41.0 Å². The quantitative estimate of drug-likeness (QED) is 0.286. The van der Waals surface area contributed by atoms with Crippen molar-refractivity contribution < 1.29 is 14.4 Å². The summed E-state index contributed by atoms with van der Waals surface area (Å²) in [6, 6.07) is 10.8. The molecule has 4 aromatic rings. The van der Waals surface area contributed by atoms with E-state index in [-0.39, 0.29) is 30.4 Å². The van der Waals surface area contributed by atoms with Gasteiger partial charge in [-0.1, -0.05) is 34.8 Å². The predicted molar refractivity (Wildman–Crippen MR) is 135 cm³/mol. The second-order valence-corrected chi connectivity index (χ2v) is 9.76. The number of aryl methyl sites for hydroxylation is 2. The lowest BCUT2D eigenvalue weighted by Crippen LogP contribution is -2.14. The molecule has 0 radical (unpaired) electrons. The number of carbonyl (C=O) groups excluding carboxylic acids is 3. The maximum atomic E-state index is 12.3. The number of carbonyl (C=O) groups is 3. The van der Waals surface area contributed by atoms with E-state index in [1.165, 1.54) is 22.7 Å². The number of hydrogen-bond donors (Lipinski definition) is 2. The highest BCUT2D eigenvalue weighted by Crippen LogP contribution is 2.19. The first-order valence-corrected chi connectivity index (χ1v) is 12.7. The van der Waals surface area contributed by atoms with E-state index in [1.807, 2.05) is 12.1 Å². The van der Waals surface area contributed by atoms with Gasteiger partial charge in [-0.25, -0.2) is 0 Å². The average molecular weight is 523 g/mol. The molecule has 0 saturated carbocycles. The zero-order valence-corrected chi connectivity index (χ0v) is 20.7. The van der Waals surface area contributed by atoms with Crippen molar-refractivity contribution in [1.82, 2.24) is 30.4 Å². The highest BCUT2D eigenvalue weighted by Gasteiger charge is 2.13. The number of nitrogens with one attached hydrogen (secondary N) is 2. The van der Waals surface area contributed by atoms with E-state index < -0.39 is 0 Å². The predicted octanol–water partition coefficient (Wildman–Crippen LogP) is 2.68. The van der Waals surface area contributed by atoms with Gasteiger partial charge in [0.15, 0.2) is 0 Å². The summed E-state index contributed by atoms with van der Waals surface area (Å²) < 4.78 is 0. The minimum atomic E-state index is -0.225. The minimum absolute atomic E-state index is 0.0573. The van der Waals surface area contributed by atoms with Gasteiger partial charge in [0, 0.05) is 49.5 Å². The Labute approximate surface area is 214 Å². The molecule has 11 nitrogen and oxygen atoms in total. The number of anilines is 2.